The molecule has 0 bridgehead atoms. The zero-order valence-electron chi connectivity index (χ0n) is 18.1. The van der Waals surface area contributed by atoms with E-state index in [-0.39, 0.29) is 0 Å². The maximum atomic E-state index is 6.48. The van der Waals surface area contributed by atoms with Gasteiger partial charge in [0.25, 0.3) is 0 Å². The van der Waals surface area contributed by atoms with Gasteiger partial charge in [0.05, 0.1) is 0 Å². The minimum absolute atomic E-state index is 0.305. The van der Waals surface area contributed by atoms with Crippen molar-refractivity contribution in [2.75, 3.05) is 0 Å². The zero-order valence-corrected chi connectivity index (χ0v) is 18.8. The highest BCUT2D eigenvalue weighted by Gasteiger charge is 2.05. The SMILES string of the molecule is CCCCCCCCCCCCCCCCCCC(Cl)Cc1ccccc1. The van der Waals surface area contributed by atoms with Crippen LogP contribution in [0.4, 0.5) is 0 Å². The van der Waals surface area contributed by atoms with Crippen molar-refractivity contribution in [1.82, 2.24) is 0 Å². The van der Waals surface area contributed by atoms with E-state index in [1.165, 1.54) is 108 Å². The van der Waals surface area contributed by atoms with Crippen molar-refractivity contribution in [2.45, 2.75) is 128 Å². The van der Waals surface area contributed by atoms with E-state index >= 15 is 0 Å². The van der Waals surface area contributed by atoms with Crippen LogP contribution in [-0.2, 0) is 6.42 Å². The molecular weight excluding hydrogens is 348 g/mol. The summed E-state index contributed by atoms with van der Waals surface area (Å²) >= 11 is 6.48. The summed E-state index contributed by atoms with van der Waals surface area (Å²) in [7, 11) is 0. The predicted octanol–water partition coefficient (Wildman–Crippen LogP) is 9.49. The second-order valence-electron chi connectivity index (χ2n) is 8.38. The van der Waals surface area contributed by atoms with Gasteiger partial charge in [-0.1, -0.05) is 140 Å². The van der Waals surface area contributed by atoms with Gasteiger partial charge in [-0.05, 0) is 18.4 Å². The smallest absolute Gasteiger partial charge is 0.0376 e. The van der Waals surface area contributed by atoms with Crippen molar-refractivity contribution < 1.29 is 0 Å². The molecule has 1 atom stereocenters. The Morgan fingerprint density at radius 2 is 1.00 bits per heavy atom. The lowest BCUT2D eigenvalue weighted by molar-refractivity contribution is 0.525. The van der Waals surface area contributed by atoms with Crippen LogP contribution in [0, 0.1) is 0 Å². The van der Waals surface area contributed by atoms with Crippen LogP contribution in [0.15, 0.2) is 30.3 Å². The van der Waals surface area contributed by atoms with Crippen LogP contribution in [0.1, 0.15) is 122 Å². The summed E-state index contributed by atoms with van der Waals surface area (Å²) < 4.78 is 0. The Bertz CT molecular complexity index is 400. The Hall–Kier alpha value is -0.490. The Morgan fingerprint density at radius 1 is 0.593 bits per heavy atom. The van der Waals surface area contributed by atoms with E-state index < -0.39 is 0 Å². The normalized spacial score (nSPS) is 12.4. The highest BCUT2D eigenvalue weighted by atomic mass is 35.5. The van der Waals surface area contributed by atoms with Gasteiger partial charge in [0, 0.05) is 5.38 Å². The van der Waals surface area contributed by atoms with Gasteiger partial charge in [-0.3, -0.25) is 0 Å². The number of benzene rings is 1. The molecule has 0 aromatic heterocycles. The summed E-state index contributed by atoms with van der Waals surface area (Å²) in [6.07, 6.45) is 25.0. The average molecular weight is 393 g/mol. The molecule has 0 fully saturated rings. The lowest BCUT2D eigenvalue weighted by Gasteiger charge is -2.09. The molecule has 0 radical (unpaired) electrons. The molecule has 0 aliphatic heterocycles. The van der Waals surface area contributed by atoms with Gasteiger partial charge < -0.3 is 0 Å². The molecule has 0 aliphatic rings. The molecule has 0 amide bonds. The molecular formula is C26H45Cl. The molecule has 27 heavy (non-hydrogen) atoms. The van der Waals surface area contributed by atoms with Gasteiger partial charge in [-0.2, -0.15) is 0 Å². The molecule has 0 aliphatic carbocycles. The summed E-state index contributed by atoms with van der Waals surface area (Å²) in [5, 5.41) is 0.305. The molecule has 0 nitrogen and oxygen atoms in total. The van der Waals surface area contributed by atoms with E-state index in [9.17, 15) is 0 Å². The summed E-state index contributed by atoms with van der Waals surface area (Å²) in [5.74, 6) is 0. The second kappa shape index (κ2) is 18.9. The van der Waals surface area contributed by atoms with Crippen molar-refractivity contribution >= 4 is 11.6 Å². The van der Waals surface area contributed by atoms with Crippen molar-refractivity contribution in [2.24, 2.45) is 0 Å². The predicted molar refractivity (Wildman–Crippen MR) is 124 cm³/mol. The van der Waals surface area contributed by atoms with E-state index in [2.05, 4.69) is 37.3 Å². The van der Waals surface area contributed by atoms with Gasteiger partial charge in [0.1, 0.15) is 0 Å². The van der Waals surface area contributed by atoms with Gasteiger partial charge >= 0.3 is 0 Å². The summed E-state index contributed by atoms with van der Waals surface area (Å²) in [6, 6.07) is 10.6. The molecule has 0 N–H and O–H groups in total. The topological polar surface area (TPSA) is 0 Å². The molecule has 1 unspecified atom stereocenters. The monoisotopic (exact) mass is 392 g/mol. The van der Waals surface area contributed by atoms with Crippen LogP contribution in [0.25, 0.3) is 0 Å². The van der Waals surface area contributed by atoms with Gasteiger partial charge in [0.15, 0.2) is 0 Å². The van der Waals surface area contributed by atoms with Gasteiger partial charge in [-0.25, -0.2) is 0 Å². The molecule has 156 valence electrons. The fourth-order valence-corrected chi connectivity index (χ4v) is 4.22. The highest BCUT2D eigenvalue weighted by molar-refractivity contribution is 6.20. The Balaban J connectivity index is 1.75. The minimum atomic E-state index is 0.305. The fourth-order valence-electron chi connectivity index (χ4n) is 3.89. The average Bonchev–Trinajstić information content (AvgIpc) is 2.68. The van der Waals surface area contributed by atoms with E-state index in [1.807, 2.05) is 0 Å². The number of hydrogen-bond donors (Lipinski definition) is 0. The fraction of sp³-hybridized carbons (Fsp3) is 0.769. The summed E-state index contributed by atoms with van der Waals surface area (Å²) in [5.41, 5.74) is 1.37. The second-order valence-corrected chi connectivity index (χ2v) is 9.00. The minimum Gasteiger partial charge on any atom is -0.123 e. The molecule has 0 spiro atoms. The van der Waals surface area contributed by atoms with Gasteiger partial charge in [-0.15, -0.1) is 11.6 Å². The van der Waals surface area contributed by atoms with Crippen molar-refractivity contribution in [3.63, 3.8) is 0 Å². The highest BCUT2D eigenvalue weighted by Crippen LogP contribution is 2.17. The molecule has 1 heteroatoms. The van der Waals surface area contributed by atoms with Crippen molar-refractivity contribution in [1.29, 1.82) is 0 Å². The maximum Gasteiger partial charge on any atom is 0.0376 e. The van der Waals surface area contributed by atoms with Crippen molar-refractivity contribution in [3.05, 3.63) is 35.9 Å². The van der Waals surface area contributed by atoms with Crippen LogP contribution in [0.5, 0.6) is 0 Å². The van der Waals surface area contributed by atoms with E-state index in [1.54, 1.807) is 0 Å². The van der Waals surface area contributed by atoms with Crippen LogP contribution in [0.3, 0.4) is 0 Å². The molecule has 1 rings (SSSR count). The van der Waals surface area contributed by atoms with Gasteiger partial charge in [0.2, 0.25) is 0 Å². The number of alkyl halides is 1. The first-order valence-corrected chi connectivity index (χ1v) is 12.4. The molecule has 1 aromatic rings. The maximum absolute atomic E-state index is 6.48. The molecule has 0 saturated heterocycles. The molecule has 0 saturated carbocycles. The van der Waals surface area contributed by atoms with Crippen LogP contribution in [-0.4, -0.2) is 5.38 Å². The first-order valence-electron chi connectivity index (χ1n) is 12.0. The largest absolute Gasteiger partial charge is 0.123 e. The Morgan fingerprint density at radius 3 is 1.44 bits per heavy atom. The van der Waals surface area contributed by atoms with E-state index in [0.717, 1.165) is 12.8 Å². The van der Waals surface area contributed by atoms with E-state index in [4.69, 9.17) is 11.6 Å². The third kappa shape index (κ3) is 16.2. The van der Waals surface area contributed by atoms with E-state index in [0.29, 0.717) is 5.38 Å². The number of halogens is 1. The third-order valence-corrected chi connectivity index (χ3v) is 6.04. The number of rotatable bonds is 19. The Kier molecular flexibility index (Phi) is 17.1. The standard InChI is InChI=1S/C26H45Cl/c1-2-3-4-5-6-7-8-9-10-11-12-13-14-15-16-20-23-26(27)24-25-21-18-17-19-22-25/h17-19,21-22,26H,2-16,20,23-24H2,1H3. The quantitative estimate of drug-likeness (QED) is 0.162. The lowest BCUT2D eigenvalue weighted by atomic mass is 10.0. The molecule has 0 heterocycles. The zero-order chi connectivity index (χ0) is 19.4. The Labute approximate surface area is 175 Å². The summed E-state index contributed by atoms with van der Waals surface area (Å²) in [4.78, 5) is 0. The van der Waals surface area contributed by atoms with Crippen LogP contribution >= 0.6 is 11.6 Å². The third-order valence-electron chi connectivity index (χ3n) is 5.67. The van der Waals surface area contributed by atoms with Crippen molar-refractivity contribution in [3.8, 4) is 0 Å². The lowest BCUT2D eigenvalue weighted by Crippen LogP contribution is -2.03. The first-order chi connectivity index (χ1) is 13.3. The number of unbranched alkanes of at least 4 members (excludes halogenated alkanes) is 15. The molecule has 1 aromatic carbocycles. The van der Waals surface area contributed by atoms with Crippen LogP contribution in [0.2, 0.25) is 0 Å². The first kappa shape index (κ1) is 24.5. The summed E-state index contributed by atoms with van der Waals surface area (Å²) in [6.45, 7) is 2.29. The van der Waals surface area contributed by atoms with Crippen LogP contribution < -0.4 is 0 Å². The number of hydrogen-bond acceptors (Lipinski definition) is 0.